The highest BCUT2D eigenvalue weighted by atomic mass is 19.4. The van der Waals surface area contributed by atoms with E-state index in [9.17, 15) is 32.7 Å². The van der Waals surface area contributed by atoms with Crippen molar-refractivity contribution < 1.29 is 37.4 Å². The van der Waals surface area contributed by atoms with Crippen molar-refractivity contribution in [1.29, 1.82) is 0 Å². The number of carboxylic acids is 1. The van der Waals surface area contributed by atoms with E-state index < -0.39 is 46.7 Å². The highest BCUT2D eigenvalue weighted by molar-refractivity contribution is 6.08. The molecular formula is C18H16F3N3O5. The standard InChI is InChI=1S/C18H16F3N3O5/c1-17(2,3)29-16(28)24-7-10-8(5-4-6-9(10)14(24)25)12-11(15(26)27)13(23-22-12)18(19,20)21/h4-6H,7H2,1-3H3,(H,22,23)(H,26,27). The lowest BCUT2D eigenvalue weighted by Gasteiger charge is -2.23. The van der Waals surface area contributed by atoms with Gasteiger partial charge in [0, 0.05) is 11.1 Å². The molecule has 2 aromatic rings. The monoisotopic (exact) mass is 411 g/mol. The molecular weight excluding hydrogens is 395 g/mol. The topological polar surface area (TPSA) is 113 Å². The number of rotatable bonds is 2. The molecule has 0 radical (unpaired) electrons. The molecule has 0 aliphatic carbocycles. The second-order valence-corrected chi connectivity index (χ2v) is 7.33. The highest BCUT2D eigenvalue weighted by Crippen LogP contribution is 2.38. The number of nitrogens with one attached hydrogen (secondary N) is 1. The van der Waals surface area contributed by atoms with Crippen molar-refractivity contribution in [3.05, 3.63) is 40.6 Å². The van der Waals surface area contributed by atoms with Crippen LogP contribution in [0, 0.1) is 0 Å². The summed E-state index contributed by atoms with van der Waals surface area (Å²) in [5.74, 6) is -2.52. The first-order valence-corrected chi connectivity index (χ1v) is 8.37. The van der Waals surface area contributed by atoms with Crippen LogP contribution in [0.25, 0.3) is 11.3 Å². The number of imide groups is 1. The summed E-state index contributed by atoms with van der Waals surface area (Å²) in [7, 11) is 0. The van der Waals surface area contributed by atoms with E-state index in [0.29, 0.717) is 0 Å². The number of aromatic amines is 1. The van der Waals surface area contributed by atoms with Crippen molar-refractivity contribution in [3.8, 4) is 11.3 Å². The number of carbonyl (C=O) groups excluding carboxylic acids is 2. The molecule has 3 rings (SSSR count). The largest absolute Gasteiger partial charge is 0.478 e. The lowest BCUT2D eigenvalue weighted by Crippen LogP contribution is -2.36. The number of alkyl halides is 3. The third-order valence-corrected chi connectivity index (χ3v) is 4.10. The van der Waals surface area contributed by atoms with E-state index >= 15 is 0 Å². The van der Waals surface area contributed by atoms with E-state index in [4.69, 9.17) is 4.74 Å². The van der Waals surface area contributed by atoms with E-state index in [2.05, 4.69) is 5.10 Å². The van der Waals surface area contributed by atoms with Gasteiger partial charge in [-0.15, -0.1) is 0 Å². The summed E-state index contributed by atoms with van der Waals surface area (Å²) in [5.41, 5.74) is -3.66. The molecule has 0 atom stereocenters. The minimum atomic E-state index is -4.96. The zero-order chi connectivity index (χ0) is 21.7. The molecule has 0 bridgehead atoms. The van der Waals surface area contributed by atoms with E-state index in [-0.39, 0.29) is 23.2 Å². The van der Waals surface area contributed by atoms with Gasteiger partial charge in [0.05, 0.1) is 6.54 Å². The highest BCUT2D eigenvalue weighted by Gasteiger charge is 2.42. The van der Waals surface area contributed by atoms with Crippen LogP contribution in [0.1, 0.15) is 52.7 Å². The number of nitrogens with zero attached hydrogens (tertiary/aromatic N) is 2. The fourth-order valence-corrected chi connectivity index (χ4v) is 2.97. The van der Waals surface area contributed by atoms with Gasteiger partial charge < -0.3 is 9.84 Å². The van der Waals surface area contributed by atoms with Crippen LogP contribution in [-0.4, -0.2) is 43.8 Å². The first-order chi connectivity index (χ1) is 13.3. The predicted octanol–water partition coefficient (Wildman–Crippen LogP) is 3.68. The van der Waals surface area contributed by atoms with Gasteiger partial charge >= 0.3 is 18.2 Å². The number of amides is 2. The molecule has 2 amide bonds. The van der Waals surface area contributed by atoms with Gasteiger partial charge in [-0.1, -0.05) is 12.1 Å². The average molecular weight is 411 g/mol. The number of hydrogen-bond donors (Lipinski definition) is 2. The first-order valence-electron chi connectivity index (χ1n) is 8.37. The molecule has 8 nitrogen and oxygen atoms in total. The number of carbonyl (C=O) groups is 3. The molecule has 2 heterocycles. The fourth-order valence-electron chi connectivity index (χ4n) is 2.97. The number of fused-ring (bicyclic) bond motifs is 1. The van der Waals surface area contributed by atoms with Gasteiger partial charge in [0.25, 0.3) is 5.91 Å². The van der Waals surface area contributed by atoms with Gasteiger partial charge in [0.15, 0.2) is 5.69 Å². The lowest BCUT2D eigenvalue weighted by atomic mass is 9.97. The molecule has 1 aliphatic rings. The Hall–Kier alpha value is -3.37. The minimum absolute atomic E-state index is 0.00561. The lowest BCUT2D eigenvalue weighted by molar-refractivity contribution is -0.141. The summed E-state index contributed by atoms with van der Waals surface area (Å²) in [5, 5.41) is 14.6. The van der Waals surface area contributed by atoms with E-state index in [1.54, 1.807) is 25.9 Å². The van der Waals surface area contributed by atoms with Crippen LogP contribution < -0.4 is 0 Å². The van der Waals surface area contributed by atoms with Gasteiger partial charge in [-0.2, -0.15) is 18.3 Å². The zero-order valence-corrected chi connectivity index (χ0v) is 15.5. The Morgan fingerprint density at radius 2 is 1.83 bits per heavy atom. The maximum atomic E-state index is 13.1. The molecule has 1 aliphatic heterocycles. The van der Waals surface area contributed by atoms with Crippen LogP contribution in [0.5, 0.6) is 0 Å². The Kier molecular flexibility index (Phi) is 4.64. The molecule has 0 saturated heterocycles. The molecule has 0 spiro atoms. The second kappa shape index (κ2) is 6.61. The number of aromatic carboxylic acids is 1. The zero-order valence-electron chi connectivity index (χ0n) is 15.5. The summed E-state index contributed by atoms with van der Waals surface area (Å²) in [6.45, 7) is 4.56. The number of H-pyrrole nitrogens is 1. The van der Waals surface area contributed by atoms with Crippen LogP contribution in [0.4, 0.5) is 18.0 Å². The number of benzene rings is 1. The minimum Gasteiger partial charge on any atom is -0.478 e. The smallest absolute Gasteiger partial charge is 0.433 e. The Balaban J connectivity index is 2.09. The van der Waals surface area contributed by atoms with Gasteiger partial charge in [0.1, 0.15) is 16.9 Å². The fraction of sp³-hybridized carbons (Fsp3) is 0.333. The Morgan fingerprint density at radius 3 is 2.38 bits per heavy atom. The second-order valence-electron chi connectivity index (χ2n) is 7.33. The van der Waals surface area contributed by atoms with Gasteiger partial charge in [0.2, 0.25) is 0 Å². The summed E-state index contributed by atoms with van der Waals surface area (Å²) in [6.07, 6.45) is -5.88. The SMILES string of the molecule is CC(C)(C)OC(=O)N1Cc2c(cccc2-c2n[nH]c(C(F)(F)F)c2C(=O)O)C1=O. The van der Waals surface area contributed by atoms with Crippen molar-refractivity contribution in [2.45, 2.75) is 39.1 Å². The summed E-state index contributed by atoms with van der Waals surface area (Å²) >= 11 is 0. The van der Waals surface area contributed by atoms with Crippen molar-refractivity contribution in [2.24, 2.45) is 0 Å². The molecule has 0 fully saturated rings. The molecule has 29 heavy (non-hydrogen) atoms. The first kappa shape index (κ1) is 20.4. The maximum Gasteiger partial charge on any atom is 0.433 e. The van der Waals surface area contributed by atoms with Crippen molar-refractivity contribution in [3.63, 3.8) is 0 Å². The third kappa shape index (κ3) is 3.67. The summed E-state index contributed by atoms with van der Waals surface area (Å²) < 4.78 is 44.6. The van der Waals surface area contributed by atoms with E-state index in [1.807, 2.05) is 0 Å². The number of ether oxygens (including phenoxy) is 1. The molecule has 0 unspecified atom stereocenters. The number of hydrogen-bond acceptors (Lipinski definition) is 5. The maximum absolute atomic E-state index is 13.1. The molecule has 11 heteroatoms. The third-order valence-electron chi connectivity index (χ3n) is 4.10. The number of aromatic nitrogens is 2. The van der Waals surface area contributed by atoms with Crippen LogP contribution in [-0.2, 0) is 17.5 Å². The molecule has 1 aromatic heterocycles. The van der Waals surface area contributed by atoms with Crippen LogP contribution in [0.2, 0.25) is 0 Å². The average Bonchev–Trinajstić information content (AvgIpc) is 3.15. The van der Waals surface area contributed by atoms with Gasteiger partial charge in [-0.05, 0) is 32.4 Å². The predicted molar refractivity (Wildman–Crippen MR) is 92.1 cm³/mol. The molecule has 154 valence electrons. The Bertz CT molecular complexity index is 1020. The van der Waals surface area contributed by atoms with E-state index in [1.165, 1.54) is 18.2 Å². The van der Waals surface area contributed by atoms with Crippen LogP contribution >= 0.6 is 0 Å². The molecule has 2 N–H and O–H groups in total. The summed E-state index contributed by atoms with van der Waals surface area (Å²) in [4.78, 5) is 37.2. The van der Waals surface area contributed by atoms with Gasteiger partial charge in [-0.3, -0.25) is 9.89 Å². The molecule has 0 saturated carbocycles. The van der Waals surface area contributed by atoms with Crippen LogP contribution in [0.15, 0.2) is 18.2 Å². The number of carboxylic acid groups (broad SMARTS) is 1. The Labute approximate surface area is 162 Å². The quantitative estimate of drug-likeness (QED) is 0.780. The number of halogens is 3. The van der Waals surface area contributed by atoms with Crippen molar-refractivity contribution in [2.75, 3.05) is 0 Å². The van der Waals surface area contributed by atoms with Gasteiger partial charge in [-0.25, -0.2) is 14.5 Å². The summed E-state index contributed by atoms with van der Waals surface area (Å²) in [6, 6.07) is 4.11. The van der Waals surface area contributed by atoms with Crippen molar-refractivity contribution >= 4 is 18.0 Å². The Morgan fingerprint density at radius 1 is 1.21 bits per heavy atom. The molecule has 1 aromatic carbocycles. The van der Waals surface area contributed by atoms with E-state index in [0.717, 1.165) is 4.90 Å². The normalized spacial score (nSPS) is 14.1. The van der Waals surface area contributed by atoms with Crippen molar-refractivity contribution in [1.82, 2.24) is 15.1 Å². The van der Waals surface area contributed by atoms with Crippen LogP contribution in [0.3, 0.4) is 0 Å².